The zero-order chi connectivity index (χ0) is 21.0. The van der Waals surface area contributed by atoms with Crippen LogP contribution in [0.2, 0.25) is 0 Å². The fraction of sp³-hybridized carbons (Fsp3) is 0.571. The molecule has 0 radical (unpaired) electrons. The summed E-state index contributed by atoms with van der Waals surface area (Å²) in [5.41, 5.74) is 0.582. The molecule has 0 aliphatic carbocycles. The number of halogens is 1. The third-order valence-electron chi connectivity index (χ3n) is 5.07. The summed E-state index contributed by atoms with van der Waals surface area (Å²) >= 11 is 0. The summed E-state index contributed by atoms with van der Waals surface area (Å²) in [6, 6.07) is 6.75. The lowest BCUT2D eigenvalue weighted by molar-refractivity contribution is 0.0376. The van der Waals surface area contributed by atoms with Crippen molar-refractivity contribution in [2.45, 2.75) is 32.9 Å². The second-order valence-corrected chi connectivity index (χ2v) is 7.21. The van der Waals surface area contributed by atoms with Crippen LogP contribution in [0.1, 0.15) is 24.7 Å². The normalized spacial score (nSPS) is 15.3. The number of guanidine groups is 1. The second-order valence-electron chi connectivity index (χ2n) is 7.21. The Morgan fingerprint density at radius 3 is 2.77 bits per heavy atom. The van der Waals surface area contributed by atoms with Crippen LogP contribution in [0.4, 0.5) is 4.39 Å². The molecule has 30 heavy (non-hydrogen) atoms. The first kappa shape index (κ1) is 22.2. The molecule has 0 bridgehead atoms. The van der Waals surface area contributed by atoms with Crippen LogP contribution in [0, 0.1) is 5.82 Å². The SMILES string of the molecule is CCc1nncn1CCNC(=NCc1ccccc1F)NCCCN1CCOCC1. The van der Waals surface area contributed by atoms with E-state index in [9.17, 15) is 4.39 Å². The minimum Gasteiger partial charge on any atom is -0.379 e. The average molecular weight is 418 g/mol. The van der Waals surface area contributed by atoms with Crippen LogP contribution in [-0.2, 0) is 24.2 Å². The molecule has 0 atom stereocenters. The van der Waals surface area contributed by atoms with Gasteiger partial charge in [-0.05, 0) is 19.0 Å². The van der Waals surface area contributed by atoms with Gasteiger partial charge in [-0.3, -0.25) is 4.90 Å². The largest absolute Gasteiger partial charge is 0.379 e. The number of aromatic nitrogens is 3. The first-order chi connectivity index (χ1) is 14.8. The lowest BCUT2D eigenvalue weighted by atomic mass is 10.2. The Bertz CT molecular complexity index is 789. The highest BCUT2D eigenvalue weighted by Crippen LogP contribution is 2.07. The van der Waals surface area contributed by atoms with E-state index in [2.05, 4.69) is 37.6 Å². The highest BCUT2D eigenvalue weighted by molar-refractivity contribution is 5.79. The lowest BCUT2D eigenvalue weighted by Crippen LogP contribution is -2.41. The summed E-state index contributed by atoms with van der Waals surface area (Å²) in [4.78, 5) is 6.99. The van der Waals surface area contributed by atoms with Gasteiger partial charge in [-0.2, -0.15) is 0 Å². The van der Waals surface area contributed by atoms with Gasteiger partial charge in [0, 0.05) is 44.7 Å². The number of benzene rings is 1. The maximum absolute atomic E-state index is 13.9. The van der Waals surface area contributed by atoms with Crippen molar-refractivity contribution in [2.24, 2.45) is 4.99 Å². The van der Waals surface area contributed by atoms with Crippen LogP contribution >= 0.6 is 0 Å². The molecule has 9 heteroatoms. The van der Waals surface area contributed by atoms with E-state index < -0.39 is 0 Å². The van der Waals surface area contributed by atoms with Crippen molar-refractivity contribution in [3.63, 3.8) is 0 Å². The third kappa shape index (κ3) is 7.07. The third-order valence-corrected chi connectivity index (χ3v) is 5.07. The predicted octanol–water partition coefficient (Wildman–Crippen LogP) is 1.44. The predicted molar refractivity (Wildman–Crippen MR) is 115 cm³/mol. The average Bonchev–Trinajstić information content (AvgIpc) is 3.23. The van der Waals surface area contributed by atoms with E-state index in [-0.39, 0.29) is 12.4 Å². The maximum Gasteiger partial charge on any atom is 0.191 e. The molecule has 0 saturated carbocycles. The van der Waals surface area contributed by atoms with Gasteiger partial charge in [-0.15, -0.1) is 10.2 Å². The van der Waals surface area contributed by atoms with Gasteiger partial charge >= 0.3 is 0 Å². The molecule has 1 aliphatic heterocycles. The van der Waals surface area contributed by atoms with Crippen molar-refractivity contribution >= 4 is 5.96 Å². The summed E-state index contributed by atoms with van der Waals surface area (Å²) < 4.78 is 21.3. The van der Waals surface area contributed by atoms with E-state index in [0.29, 0.717) is 18.1 Å². The van der Waals surface area contributed by atoms with Gasteiger partial charge in [0.05, 0.1) is 19.8 Å². The van der Waals surface area contributed by atoms with Crippen LogP contribution < -0.4 is 10.6 Å². The molecule has 0 amide bonds. The highest BCUT2D eigenvalue weighted by atomic mass is 19.1. The molecule has 1 aromatic heterocycles. The van der Waals surface area contributed by atoms with Crippen LogP contribution in [0.3, 0.4) is 0 Å². The van der Waals surface area contributed by atoms with Gasteiger partial charge in [0.15, 0.2) is 5.96 Å². The molecule has 8 nitrogen and oxygen atoms in total. The highest BCUT2D eigenvalue weighted by Gasteiger charge is 2.09. The van der Waals surface area contributed by atoms with Crippen molar-refractivity contribution in [3.8, 4) is 0 Å². The molecule has 1 aromatic carbocycles. The summed E-state index contributed by atoms with van der Waals surface area (Å²) in [5.74, 6) is 1.41. The Hall–Kier alpha value is -2.52. The molecular weight excluding hydrogens is 385 g/mol. The van der Waals surface area contributed by atoms with E-state index in [4.69, 9.17) is 4.74 Å². The number of hydrogen-bond acceptors (Lipinski definition) is 5. The number of morpholine rings is 1. The molecule has 2 aromatic rings. The van der Waals surface area contributed by atoms with Gasteiger partial charge in [0.25, 0.3) is 0 Å². The van der Waals surface area contributed by atoms with Crippen molar-refractivity contribution in [1.82, 2.24) is 30.3 Å². The van der Waals surface area contributed by atoms with Crippen LogP contribution in [-0.4, -0.2) is 71.6 Å². The maximum atomic E-state index is 13.9. The van der Waals surface area contributed by atoms with E-state index in [1.807, 2.05) is 10.6 Å². The molecule has 1 fully saturated rings. The Kier molecular flexibility index (Phi) is 9.04. The van der Waals surface area contributed by atoms with Gasteiger partial charge < -0.3 is 19.9 Å². The first-order valence-corrected chi connectivity index (χ1v) is 10.7. The summed E-state index contributed by atoms with van der Waals surface area (Å²) in [7, 11) is 0. The molecule has 1 aliphatic rings. The van der Waals surface area contributed by atoms with Gasteiger partial charge in [0.2, 0.25) is 0 Å². The monoisotopic (exact) mass is 417 g/mol. The molecular formula is C21H32FN7O. The minimum absolute atomic E-state index is 0.231. The fourth-order valence-electron chi connectivity index (χ4n) is 3.33. The zero-order valence-electron chi connectivity index (χ0n) is 17.7. The Morgan fingerprint density at radius 2 is 1.97 bits per heavy atom. The van der Waals surface area contributed by atoms with Gasteiger partial charge in [0.1, 0.15) is 18.0 Å². The van der Waals surface area contributed by atoms with Crippen molar-refractivity contribution in [2.75, 3.05) is 45.9 Å². The van der Waals surface area contributed by atoms with E-state index in [0.717, 1.165) is 64.6 Å². The number of hydrogen-bond donors (Lipinski definition) is 2. The fourth-order valence-corrected chi connectivity index (χ4v) is 3.33. The Labute approximate surface area is 177 Å². The van der Waals surface area contributed by atoms with E-state index in [1.54, 1.807) is 18.5 Å². The summed E-state index contributed by atoms with van der Waals surface area (Å²) in [6.45, 7) is 9.20. The number of aliphatic imine (C=N–C) groups is 1. The minimum atomic E-state index is -0.231. The van der Waals surface area contributed by atoms with E-state index >= 15 is 0 Å². The van der Waals surface area contributed by atoms with Crippen LogP contribution in [0.25, 0.3) is 0 Å². The molecule has 0 unspecified atom stereocenters. The molecule has 3 rings (SSSR count). The Morgan fingerprint density at radius 1 is 1.17 bits per heavy atom. The van der Waals surface area contributed by atoms with Crippen molar-refractivity contribution < 1.29 is 9.13 Å². The second kappa shape index (κ2) is 12.2. The number of nitrogens with zero attached hydrogens (tertiary/aromatic N) is 5. The van der Waals surface area contributed by atoms with Crippen LogP contribution in [0.5, 0.6) is 0 Å². The molecule has 2 N–H and O–H groups in total. The van der Waals surface area contributed by atoms with Crippen molar-refractivity contribution in [1.29, 1.82) is 0 Å². The topological polar surface area (TPSA) is 79.6 Å². The summed E-state index contributed by atoms with van der Waals surface area (Å²) in [6.07, 6.45) is 3.59. The number of aryl methyl sites for hydroxylation is 1. The van der Waals surface area contributed by atoms with Crippen molar-refractivity contribution in [3.05, 3.63) is 47.8 Å². The lowest BCUT2D eigenvalue weighted by Gasteiger charge is -2.26. The van der Waals surface area contributed by atoms with E-state index in [1.165, 1.54) is 6.07 Å². The standard InChI is InChI=1S/C21H32FN7O/c1-2-20-27-26-17-29(20)11-9-24-21(25-16-18-6-3-4-7-19(18)22)23-8-5-10-28-12-14-30-15-13-28/h3-4,6-7,17H,2,5,8-16H2,1H3,(H2,23,24,25). The molecule has 2 heterocycles. The van der Waals surface area contributed by atoms with Gasteiger partial charge in [-0.1, -0.05) is 25.1 Å². The van der Waals surface area contributed by atoms with Gasteiger partial charge in [-0.25, -0.2) is 9.38 Å². The number of nitrogens with one attached hydrogen (secondary N) is 2. The quantitative estimate of drug-likeness (QED) is 0.346. The van der Waals surface area contributed by atoms with Crippen LogP contribution in [0.15, 0.2) is 35.6 Å². The molecule has 0 spiro atoms. The zero-order valence-corrected chi connectivity index (χ0v) is 17.7. The molecule has 164 valence electrons. The number of ether oxygens (including phenoxy) is 1. The molecule has 1 saturated heterocycles. The first-order valence-electron chi connectivity index (χ1n) is 10.7. The smallest absolute Gasteiger partial charge is 0.191 e. The number of rotatable bonds is 10. The Balaban J connectivity index is 1.50. The summed E-state index contributed by atoms with van der Waals surface area (Å²) in [5, 5.41) is 14.8.